The van der Waals surface area contributed by atoms with Crippen LogP contribution in [0.25, 0.3) is 0 Å². The van der Waals surface area contributed by atoms with Crippen molar-refractivity contribution in [3.05, 3.63) is 30.0 Å². The van der Waals surface area contributed by atoms with Gasteiger partial charge in [0.1, 0.15) is 23.2 Å². The molecule has 2 heterocycles. The average molecular weight is 251 g/mol. The van der Waals surface area contributed by atoms with Crippen LogP contribution in [0.5, 0.6) is 0 Å². The number of nitrogen functional groups attached to an aromatic ring is 1. The van der Waals surface area contributed by atoms with Crippen LogP contribution >= 0.6 is 11.8 Å². The van der Waals surface area contributed by atoms with Crippen LogP contribution < -0.4 is 5.73 Å². The molecule has 5 nitrogen and oxygen atoms in total. The lowest BCUT2D eigenvalue weighted by molar-refractivity contribution is 0.177. The van der Waals surface area contributed by atoms with Gasteiger partial charge in [-0.15, -0.1) is 0 Å². The van der Waals surface area contributed by atoms with E-state index in [1.165, 1.54) is 11.8 Å². The first-order valence-electron chi connectivity index (χ1n) is 5.03. The van der Waals surface area contributed by atoms with E-state index in [1.807, 2.05) is 13.0 Å². The first-order chi connectivity index (χ1) is 8.19. The smallest absolute Gasteiger partial charge is 0.157 e. The van der Waals surface area contributed by atoms with Gasteiger partial charge in [-0.3, -0.25) is 0 Å². The third kappa shape index (κ3) is 2.98. The molecule has 2 aromatic heterocycles. The summed E-state index contributed by atoms with van der Waals surface area (Å²) in [5.41, 5.74) is 5.71. The number of furan rings is 1. The molecule has 6 heteroatoms. The van der Waals surface area contributed by atoms with Gasteiger partial charge in [0.25, 0.3) is 0 Å². The molecule has 0 amide bonds. The molecule has 0 spiro atoms. The van der Waals surface area contributed by atoms with Gasteiger partial charge in [0.05, 0.1) is 11.2 Å². The topological polar surface area (TPSA) is 74.2 Å². The summed E-state index contributed by atoms with van der Waals surface area (Å²) in [6.45, 7) is 2.26. The van der Waals surface area contributed by atoms with Crippen LogP contribution in [-0.4, -0.2) is 17.1 Å². The van der Waals surface area contributed by atoms with Crippen molar-refractivity contribution in [2.45, 2.75) is 23.5 Å². The highest BCUT2D eigenvalue weighted by molar-refractivity contribution is 7.99. The second kappa shape index (κ2) is 5.20. The average Bonchev–Trinajstić information content (AvgIpc) is 2.64. The van der Waals surface area contributed by atoms with Gasteiger partial charge < -0.3 is 14.9 Å². The Balaban J connectivity index is 2.23. The Hall–Kier alpha value is -1.53. The third-order valence-corrected chi connectivity index (χ3v) is 3.13. The summed E-state index contributed by atoms with van der Waals surface area (Å²) in [4.78, 5) is 9.44. The molecular formula is C11H13N3O2S. The number of aryl methyl sites for hydroxylation is 1. The molecule has 0 radical (unpaired) electrons. The maximum Gasteiger partial charge on any atom is 0.157 e. The minimum absolute atomic E-state index is 0.350. The fraction of sp³-hybridized carbons (Fsp3) is 0.273. The van der Waals surface area contributed by atoms with Crippen molar-refractivity contribution in [1.82, 2.24) is 9.97 Å². The van der Waals surface area contributed by atoms with Crippen LogP contribution in [0.4, 0.5) is 5.82 Å². The van der Waals surface area contributed by atoms with Crippen LogP contribution in [0.1, 0.15) is 11.6 Å². The van der Waals surface area contributed by atoms with E-state index in [9.17, 15) is 0 Å². The zero-order chi connectivity index (χ0) is 12.3. The standard InChI is InChI=1S/C11H13N3O2S/c1-7-8(3-4-16-7)17-11-5-9(12)13-10(14-11)6-15-2/h3-5H,6H2,1-2H3,(H2,12,13,14). The van der Waals surface area contributed by atoms with Gasteiger partial charge in [-0.25, -0.2) is 9.97 Å². The first kappa shape index (κ1) is 11.9. The number of nitrogens with two attached hydrogens (primary N) is 1. The fourth-order valence-electron chi connectivity index (χ4n) is 1.33. The number of methoxy groups -OCH3 is 1. The van der Waals surface area contributed by atoms with E-state index in [1.54, 1.807) is 19.4 Å². The van der Waals surface area contributed by atoms with Crippen molar-refractivity contribution in [2.75, 3.05) is 12.8 Å². The molecule has 0 saturated heterocycles. The number of rotatable bonds is 4. The Morgan fingerprint density at radius 3 is 2.94 bits per heavy atom. The molecular weight excluding hydrogens is 238 g/mol. The van der Waals surface area contributed by atoms with Crippen molar-refractivity contribution in [1.29, 1.82) is 0 Å². The number of hydrogen-bond donors (Lipinski definition) is 1. The summed E-state index contributed by atoms with van der Waals surface area (Å²) in [6.07, 6.45) is 1.65. The monoisotopic (exact) mass is 251 g/mol. The minimum atomic E-state index is 0.350. The quantitative estimate of drug-likeness (QED) is 0.840. The molecule has 0 atom stereocenters. The van der Waals surface area contributed by atoms with Crippen molar-refractivity contribution >= 4 is 17.6 Å². The number of anilines is 1. The van der Waals surface area contributed by atoms with Crippen molar-refractivity contribution < 1.29 is 9.15 Å². The number of ether oxygens (including phenoxy) is 1. The van der Waals surface area contributed by atoms with Gasteiger partial charge in [-0.2, -0.15) is 0 Å². The number of aromatic nitrogens is 2. The molecule has 0 bridgehead atoms. The van der Waals surface area contributed by atoms with Crippen molar-refractivity contribution in [3.63, 3.8) is 0 Å². The molecule has 17 heavy (non-hydrogen) atoms. The normalized spacial score (nSPS) is 10.7. The molecule has 90 valence electrons. The SMILES string of the molecule is COCc1nc(N)cc(Sc2ccoc2C)n1. The Morgan fingerprint density at radius 2 is 2.29 bits per heavy atom. The highest BCUT2D eigenvalue weighted by atomic mass is 32.2. The zero-order valence-electron chi connectivity index (χ0n) is 9.64. The maximum atomic E-state index is 5.71. The molecule has 0 aromatic carbocycles. The van der Waals surface area contributed by atoms with Gasteiger partial charge in [0.15, 0.2) is 5.82 Å². The van der Waals surface area contributed by atoms with Crippen LogP contribution in [0.2, 0.25) is 0 Å². The predicted molar refractivity (Wildman–Crippen MR) is 64.7 cm³/mol. The van der Waals surface area contributed by atoms with Crippen molar-refractivity contribution in [3.8, 4) is 0 Å². The third-order valence-electron chi connectivity index (χ3n) is 2.07. The van der Waals surface area contributed by atoms with Gasteiger partial charge >= 0.3 is 0 Å². The number of hydrogen-bond acceptors (Lipinski definition) is 6. The van der Waals surface area contributed by atoms with Crippen LogP contribution in [0, 0.1) is 6.92 Å². The lowest BCUT2D eigenvalue weighted by Gasteiger charge is -2.04. The van der Waals surface area contributed by atoms with E-state index in [0.29, 0.717) is 18.2 Å². The summed E-state index contributed by atoms with van der Waals surface area (Å²) in [7, 11) is 1.60. The summed E-state index contributed by atoms with van der Waals surface area (Å²) in [6, 6.07) is 3.63. The summed E-state index contributed by atoms with van der Waals surface area (Å²) in [5.74, 6) is 1.88. The highest BCUT2D eigenvalue weighted by Gasteiger charge is 2.07. The Labute approximate surface area is 103 Å². The summed E-state index contributed by atoms with van der Waals surface area (Å²) >= 11 is 1.49. The first-order valence-corrected chi connectivity index (χ1v) is 5.85. The molecule has 0 aliphatic rings. The zero-order valence-corrected chi connectivity index (χ0v) is 10.5. The lowest BCUT2D eigenvalue weighted by atomic mass is 10.5. The largest absolute Gasteiger partial charge is 0.468 e. The summed E-state index contributed by atoms with van der Waals surface area (Å²) in [5, 5.41) is 0.786. The van der Waals surface area contributed by atoms with Gasteiger partial charge in [-0.1, -0.05) is 11.8 Å². The molecule has 0 aliphatic heterocycles. The van der Waals surface area contributed by atoms with Gasteiger partial charge in [0, 0.05) is 13.2 Å². The number of nitrogens with zero attached hydrogens (tertiary/aromatic N) is 2. The van der Waals surface area contributed by atoms with Gasteiger partial charge in [0.2, 0.25) is 0 Å². The van der Waals surface area contributed by atoms with Gasteiger partial charge in [-0.05, 0) is 13.0 Å². The lowest BCUT2D eigenvalue weighted by Crippen LogP contribution is -2.01. The molecule has 0 fully saturated rings. The van der Waals surface area contributed by atoms with Crippen LogP contribution in [0.3, 0.4) is 0 Å². The molecule has 2 N–H and O–H groups in total. The molecule has 0 saturated carbocycles. The van der Waals surface area contributed by atoms with Crippen LogP contribution in [0.15, 0.2) is 32.7 Å². The fourth-order valence-corrected chi connectivity index (χ4v) is 2.20. The van der Waals surface area contributed by atoms with E-state index >= 15 is 0 Å². The van der Waals surface area contributed by atoms with E-state index in [-0.39, 0.29) is 0 Å². The molecule has 2 rings (SSSR count). The van der Waals surface area contributed by atoms with Crippen LogP contribution in [-0.2, 0) is 11.3 Å². The Kier molecular flexibility index (Phi) is 3.65. The minimum Gasteiger partial charge on any atom is -0.468 e. The Morgan fingerprint density at radius 1 is 1.47 bits per heavy atom. The maximum absolute atomic E-state index is 5.71. The highest BCUT2D eigenvalue weighted by Crippen LogP contribution is 2.30. The van der Waals surface area contributed by atoms with E-state index in [2.05, 4.69) is 9.97 Å². The van der Waals surface area contributed by atoms with E-state index < -0.39 is 0 Å². The van der Waals surface area contributed by atoms with E-state index in [0.717, 1.165) is 15.7 Å². The van der Waals surface area contributed by atoms with E-state index in [4.69, 9.17) is 14.9 Å². The molecule has 0 unspecified atom stereocenters. The molecule has 0 aliphatic carbocycles. The second-order valence-corrected chi connectivity index (χ2v) is 4.49. The Bertz CT molecular complexity index is 513. The van der Waals surface area contributed by atoms with Crippen molar-refractivity contribution in [2.24, 2.45) is 0 Å². The predicted octanol–water partition coefficient (Wildman–Crippen LogP) is 2.26. The molecule has 2 aromatic rings. The second-order valence-electron chi connectivity index (χ2n) is 3.42. The summed E-state index contributed by atoms with van der Waals surface area (Å²) < 4.78 is 10.2.